The third-order valence-electron chi connectivity index (χ3n) is 3.16. The van der Waals surface area contributed by atoms with Crippen LogP contribution in [0.5, 0.6) is 0 Å². The van der Waals surface area contributed by atoms with Crippen molar-refractivity contribution in [3.63, 3.8) is 0 Å². The van der Waals surface area contributed by atoms with E-state index in [1.165, 1.54) is 5.56 Å². The Labute approximate surface area is 135 Å². The van der Waals surface area contributed by atoms with Gasteiger partial charge in [-0.1, -0.05) is 49.0 Å². The summed E-state index contributed by atoms with van der Waals surface area (Å²) >= 11 is 1.56. The summed E-state index contributed by atoms with van der Waals surface area (Å²) in [6, 6.07) is 20.1. The Morgan fingerprint density at radius 2 is 1.82 bits per heavy atom. The fourth-order valence-electron chi connectivity index (χ4n) is 1.93. The fourth-order valence-corrected chi connectivity index (χ4v) is 2.89. The summed E-state index contributed by atoms with van der Waals surface area (Å²) in [6.45, 7) is 2.69. The van der Waals surface area contributed by atoms with Gasteiger partial charge in [0.1, 0.15) is 0 Å². The highest BCUT2D eigenvalue weighted by atomic mass is 32.2. The molecule has 2 rings (SSSR count). The first kappa shape index (κ1) is 16.0. The molecule has 0 radical (unpaired) electrons. The standard InChI is InChI=1S/C18H19N3S/c1-2-15(12-19)18(21-13-14-6-4-3-5-7-14)22-17-10-8-16(20)9-11-17/h3-11,21H,2,13,20H2,1H3/b18-15-. The second-order valence-electron chi connectivity index (χ2n) is 4.78. The minimum absolute atomic E-state index is 0.698. The van der Waals surface area contributed by atoms with Crippen molar-refractivity contribution in [3.8, 4) is 6.07 Å². The lowest BCUT2D eigenvalue weighted by atomic mass is 10.2. The number of hydrogen-bond acceptors (Lipinski definition) is 4. The number of nitrogens with one attached hydrogen (secondary N) is 1. The molecule has 0 bridgehead atoms. The molecule has 0 amide bonds. The molecule has 0 unspecified atom stereocenters. The topological polar surface area (TPSA) is 61.8 Å². The SMILES string of the molecule is CC/C(C#N)=C(\NCc1ccccc1)Sc1ccc(N)cc1. The first-order valence-corrected chi connectivity index (χ1v) is 7.99. The molecule has 0 heterocycles. The zero-order valence-electron chi connectivity index (χ0n) is 12.5. The number of anilines is 1. The van der Waals surface area contributed by atoms with Gasteiger partial charge in [0.25, 0.3) is 0 Å². The van der Waals surface area contributed by atoms with Crippen LogP contribution in [0.1, 0.15) is 18.9 Å². The molecule has 0 saturated carbocycles. The summed E-state index contributed by atoms with van der Waals surface area (Å²) in [7, 11) is 0. The Balaban J connectivity index is 2.15. The molecule has 0 atom stereocenters. The van der Waals surface area contributed by atoms with Crippen molar-refractivity contribution in [1.82, 2.24) is 5.32 Å². The number of rotatable bonds is 6. The van der Waals surface area contributed by atoms with Crippen LogP contribution in [0.15, 0.2) is 70.1 Å². The van der Waals surface area contributed by atoms with Gasteiger partial charge < -0.3 is 11.1 Å². The average Bonchev–Trinajstić information content (AvgIpc) is 2.56. The summed E-state index contributed by atoms with van der Waals surface area (Å²) in [4.78, 5) is 1.06. The summed E-state index contributed by atoms with van der Waals surface area (Å²) in [5.74, 6) is 0. The molecule has 22 heavy (non-hydrogen) atoms. The predicted octanol–water partition coefficient (Wildman–Crippen LogP) is 4.30. The molecular weight excluding hydrogens is 290 g/mol. The van der Waals surface area contributed by atoms with Gasteiger partial charge in [0.15, 0.2) is 0 Å². The summed E-state index contributed by atoms with van der Waals surface area (Å²) in [6.07, 6.45) is 0.704. The van der Waals surface area contributed by atoms with Crippen molar-refractivity contribution in [2.75, 3.05) is 5.73 Å². The molecule has 0 saturated heterocycles. The molecule has 0 aliphatic heterocycles. The Hall–Kier alpha value is -2.38. The molecule has 0 spiro atoms. The van der Waals surface area contributed by atoms with Gasteiger partial charge in [-0.25, -0.2) is 0 Å². The maximum Gasteiger partial charge on any atom is 0.0974 e. The van der Waals surface area contributed by atoms with Gasteiger partial charge in [0.05, 0.1) is 16.7 Å². The van der Waals surface area contributed by atoms with Crippen LogP contribution in [0, 0.1) is 11.3 Å². The van der Waals surface area contributed by atoms with E-state index in [-0.39, 0.29) is 0 Å². The van der Waals surface area contributed by atoms with E-state index in [4.69, 9.17) is 5.73 Å². The number of benzene rings is 2. The number of thioether (sulfide) groups is 1. The first-order chi connectivity index (χ1) is 10.7. The lowest BCUT2D eigenvalue weighted by Gasteiger charge is -2.13. The third-order valence-corrected chi connectivity index (χ3v) is 4.26. The van der Waals surface area contributed by atoms with Gasteiger partial charge in [-0.15, -0.1) is 0 Å². The van der Waals surface area contributed by atoms with E-state index in [0.29, 0.717) is 13.0 Å². The zero-order chi connectivity index (χ0) is 15.8. The van der Waals surface area contributed by atoms with Gasteiger partial charge >= 0.3 is 0 Å². The maximum atomic E-state index is 9.33. The Kier molecular flexibility index (Phi) is 5.93. The van der Waals surface area contributed by atoms with E-state index in [1.54, 1.807) is 11.8 Å². The number of nitrogens with two attached hydrogens (primary N) is 1. The van der Waals surface area contributed by atoms with Crippen molar-refractivity contribution in [3.05, 3.63) is 70.8 Å². The number of nitriles is 1. The van der Waals surface area contributed by atoms with E-state index in [0.717, 1.165) is 21.2 Å². The first-order valence-electron chi connectivity index (χ1n) is 7.17. The molecule has 112 valence electrons. The molecule has 0 aliphatic carbocycles. The van der Waals surface area contributed by atoms with Crippen LogP contribution < -0.4 is 11.1 Å². The molecule has 3 nitrogen and oxygen atoms in total. The van der Waals surface area contributed by atoms with Gasteiger partial charge in [0, 0.05) is 17.1 Å². The predicted molar refractivity (Wildman–Crippen MR) is 92.9 cm³/mol. The average molecular weight is 309 g/mol. The molecule has 0 fully saturated rings. The van der Waals surface area contributed by atoms with Crippen LogP contribution in [0.25, 0.3) is 0 Å². The quantitative estimate of drug-likeness (QED) is 0.474. The van der Waals surface area contributed by atoms with Crippen LogP contribution in [0.2, 0.25) is 0 Å². The van der Waals surface area contributed by atoms with E-state index < -0.39 is 0 Å². The number of allylic oxidation sites excluding steroid dienone is 1. The second-order valence-corrected chi connectivity index (χ2v) is 5.87. The highest BCUT2D eigenvalue weighted by Gasteiger charge is 2.07. The van der Waals surface area contributed by atoms with Gasteiger partial charge in [-0.05, 0) is 36.2 Å². The second kappa shape index (κ2) is 8.16. The smallest absolute Gasteiger partial charge is 0.0974 e. The fraction of sp³-hybridized carbons (Fsp3) is 0.167. The van der Waals surface area contributed by atoms with Crippen molar-refractivity contribution >= 4 is 17.4 Å². The Morgan fingerprint density at radius 3 is 2.41 bits per heavy atom. The Morgan fingerprint density at radius 1 is 1.14 bits per heavy atom. The molecule has 2 aromatic rings. The van der Waals surface area contributed by atoms with Crippen LogP contribution in [0.3, 0.4) is 0 Å². The molecule has 3 N–H and O–H groups in total. The number of nitrogens with zero attached hydrogens (tertiary/aromatic N) is 1. The minimum Gasteiger partial charge on any atom is -0.399 e. The third kappa shape index (κ3) is 4.57. The molecule has 0 aromatic heterocycles. The lowest BCUT2D eigenvalue weighted by Crippen LogP contribution is -2.12. The monoisotopic (exact) mass is 309 g/mol. The van der Waals surface area contributed by atoms with Crippen LogP contribution in [0.4, 0.5) is 5.69 Å². The molecule has 0 aliphatic rings. The lowest BCUT2D eigenvalue weighted by molar-refractivity contribution is 0.842. The number of hydrogen-bond donors (Lipinski definition) is 2. The Bertz CT molecular complexity index is 670. The molecule has 2 aromatic carbocycles. The summed E-state index contributed by atoms with van der Waals surface area (Å²) in [5.41, 5.74) is 8.40. The normalized spacial score (nSPS) is 11.5. The van der Waals surface area contributed by atoms with Crippen molar-refractivity contribution < 1.29 is 0 Å². The van der Waals surface area contributed by atoms with E-state index in [1.807, 2.05) is 49.4 Å². The number of nitrogen functional groups attached to an aromatic ring is 1. The van der Waals surface area contributed by atoms with E-state index in [2.05, 4.69) is 23.5 Å². The van der Waals surface area contributed by atoms with Crippen molar-refractivity contribution in [2.24, 2.45) is 0 Å². The summed E-state index contributed by atoms with van der Waals surface area (Å²) < 4.78 is 0. The van der Waals surface area contributed by atoms with E-state index >= 15 is 0 Å². The van der Waals surface area contributed by atoms with Gasteiger partial charge in [-0.3, -0.25) is 0 Å². The molecule has 4 heteroatoms. The van der Waals surface area contributed by atoms with Crippen molar-refractivity contribution in [1.29, 1.82) is 5.26 Å². The highest BCUT2D eigenvalue weighted by molar-refractivity contribution is 8.03. The maximum absolute atomic E-state index is 9.33. The zero-order valence-corrected chi connectivity index (χ0v) is 13.4. The van der Waals surface area contributed by atoms with Crippen molar-refractivity contribution in [2.45, 2.75) is 24.8 Å². The van der Waals surface area contributed by atoms with Crippen LogP contribution >= 0.6 is 11.8 Å². The van der Waals surface area contributed by atoms with Crippen LogP contribution in [-0.2, 0) is 6.54 Å². The van der Waals surface area contributed by atoms with Gasteiger partial charge in [0.2, 0.25) is 0 Å². The molecular formula is C18H19N3S. The summed E-state index contributed by atoms with van der Waals surface area (Å²) in [5, 5.41) is 13.6. The largest absolute Gasteiger partial charge is 0.399 e. The van der Waals surface area contributed by atoms with Crippen LogP contribution in [-0.4, -0.2) is 0 Å². The van der Waals surface area contributed by atoms with E-state index in [9.17, 15) is 5.26 Å². The highest BCUT2D eigenvalue weighted by Crippen LogP contribution is 2.28. The van der Waals surface area contributed by atoms with Gasteiger partial charge in [-0.2, -0.15) is 5.26 Å². The minimum atomic E-state index is 0.698.